The van der Waals surface area contributed by atoms with E-state index in [0.29, 0.717) is 37.4 Å². The number of benzene rings is 1. The predicted octanol–water partition coefficient (Wildman–Crippen LogP) is 2.16. The normalized spacial score (nSPS) is 18.7. The quantitative estimate of drug-likeness (QED) is 0.861. The zero-order chi connectivity index (χ0) is 18.9. The van der Waals surface area contributed by atoms with Crippen LogP contribution in [0.1, 0.15) is 47.4 Å². The van der Waals surface area contributed by atoms with Crippen molar-refractivity contribution in [2.45, 2.75) is 44.1 Å². The van der Waals surface area contributed by atoms with Crippen molar-refractivity contribution in [3.05, 3.63) is 47.0 Å². The Bertz CT molecular complexity index is 843. The summed E-state index contributed by atoms with van der Waals surface area (Å²) in [5.74, 6) is -0.622. The molecule has 1 aromatic carbocycles. The number of halogens is 1. The fourth-order valence-corrected chi connectivity index (χ4v) is 3.86. The van der Waals surface area contributed by atoms with Crippen LogP contribution in [-0.4, -0.2) is 46.2 Å². The Kier molecular flexibility index (Phi) is 4.97. The molecule has 1 fully saturated rings. The number of ether oxygens (including phenoxy) is 1. The maximum Gasteiger partial charge on any atom is 0.272 e. The van der Waals surface area contributed by atoms with Crippen LogP contribution in [0.15, 0.2) is 24.3 Å². The minimum absolute atomic E-state index is 0.177. The molecule has 2 N–H and O–H groups in total. The lowest BCUT2D eigenvalue weighted by Crippen LogP contribution is -2.46. The second-order valence-electron chi connectivity index (χ2n) is 7.39. The van der Waals surface area contributed by atoms with Gasteiger partial charge in [0.15, 0.2) is 5.69 Å². The molecule has 2 aromatic rings. The Morgan fingerprint density at radius 2 is 2.07 bits per heavy atom. The van der Waals surface area contributed by atoms with Crippen LogP contribution in [0, 0.1) is 5.82 Å². The minimum Gasteiger partial charge on any atom is -0.388 e. The number of aliphatic hydroxyl groups is 1. The van der Waals surface area contributed by atoms with E-state index in [1.807, 2.05) is 0 Å². The van der Waals surface area contributed by atoms with Gasteiger partial charge in [-0.1, -0.05) is 6.07 Å². The number of hydrogen-bond acceptors (Lipinski definition) is 4. The van der Waals surface area contributed by atoms with Crippen LogP contribution in [0.2, 0.25) is 0 Å². The van der Waals surface area contributed by atoms with Gasteiger partial charge in [0, 0.05) is 43.9 Å². The number of nitrogens with zero attached hydrogens (tertiary/aromatic N) is 2. The largest absolute Gasteiger partial charge is 0.388 e. The van der Waals surface area contributed by atoms with Gasteiger partial charge in [-0.15, -0.1) is 0 Å². The van der Waals surface area contributed by atoms with Gasteiger partial charge < -0.3 is 15.2 Å². The van der Waals surface area contributed by atoms with E-state index in [2.05, 4.69) is 10.4 Å². The van der Waals surface area contributed by atoms with Crippen molar-refractivity contribution >= 4 is 5.91 Å². The molecule has 0 spiro atoms. The van der Waals surface area contributed by atoms with E-state index in [4.69, 9.17) is 4.74 Å². The number of nitrogens with one attached hydrogen (secondary N) is 1. The highest BCUT2D eigenvalue weighted by Crippen LogP contribution is 2.27. The smallest absolute Gasteiger partial charge is 0.272 e. The van der Waals surface area contributed by atoms with Gasteiger partial charge in [-0.05, 0) is 43.9 Å². The molecule has 6 nitrogen and oxygen atoms in total. The summed E-state index contributed by atoms with van der Waals surface area (Å²) in [7, 11) is 0. The molecule has 1 saturated heterocycles. The lowest BCUT2D eigenvalue weighted by Gasteiger charge is -2.31. The lowest BCUT2D eigenvalue weighted by atomic mass is 9.93. The Morgan fingerprint density at radius 3 is 2.85 bits per heavy atom. The highest BCUT2D eigenvalue weighted by molar-refractivity contribution is 5.94. The second kappa shape index (κ2) is 7.40. The molecule has 7 heteroatoms. The molecule has 1 aliphatic heterocycles. The van der Waals surface area contributed by atoms with Crippen molar-refractivity contribution in [1.29, 1.82) is 0 Å². The standard InChI is InChI=1S/C20H24FN3O3/c21-14-4-3-5-15(12-14)24-17-7-2-1-6-16(17)18(23-24)19(25)22-13-20(26)8-10-27-11-9-20/h3-5,12,26H,1-2,6-11,13H2,(H,22,25). The molecule has 0 saturated carbocycles. The van der Waals surface area contributed by atoms with Crippen LogP contribution in [0.4, 0.5) is 4.39 Å². The average Bonchev–Trinajstić information content (AvgIpc) is 3.07. The number of hydrogen-bond donors (Lipinski definition) is 2. The van der Waals surface area contributed by atoms with E-state index in [1.165, 1.54) is 12.1 Å². The Balaban J connectivity index is 1.59. The van der Waals surface area contributed by atoms with Crippen molar-refractivity contribution in [2.75, 3.05) is 19.8 Å². The highest BCUT2D eigenvalue weighted by Gasteiger charge is 2.32. The average molecular weight is 373 g/mol. The third kappa shape index (κ3) is 3.75. The molecule has 1 aliphatic carbocycles. The lowest BCUT2D eigenvalue weighted by molar-refractivity contribution is -0.0605. The van der Waals surface area contributed by atoms with E-state index in [0.717, 1.165) is 36.9 Å². The third-order valence-electron chi connectivity index (χ3n) is 5.45. The van der Waals surface area contributed by atoms with Crippen LogP contribution in [-0.2, 0) is 17.6 Å². The summed E-state index contributed by atoms with van der Waals surface area (Å²) in [6.45, 7) is 1.17. The molecule has 0 atom stereocenters. The molecular weight excluding hydrogens is 349 g/mol. The minimum atomic E-state index is -0.931. The van der Waals surface area contributed by atoms with Crippen LogP contribution < -0.4 is 5.32 Å². The number of rotatable bonds is 4. The zero-order valence-corrected chi connectivity index (χ0v) is 15.2. The third-order valence-corrected chi connectivity index (χ3v) is 5.45. The first-order valence-electron chi connectivity index (χ1n) is 9.51. The molecule has 2 aliphatic rings. The van der Waals surface area contributed by atoms with Crippen LogP contribution in [0.5, 0.6) is 0 Å². The molecular formula is C20H24FN3O3. The summed E-state index contributed by atoms with van der Waals surface area (Å²) in [5.41, 5.74) is 1.97. The fourth-order valence-electron chi connectivity index (χ4n) is 3.86. The van der Waals surface area contributed by atoms with Crippen LogP contribution in [0.25, 0.3) is 5.69 Å². The zero-order valence-electron chi connectivity index (χ0n) is 15.2. The first-order chi connectivity index (χ1) is 13.1. The summed E-state index contributed by atoms with van der Waals surface area (Å²) in [6, 6.07) is 6.25. The molecule has 144 valence electrons. The van der Waals surface area contributed by atoms with Crippen molar-refractivity contribution in [3.63, 3.8) is 0 Å². The monoisotopic (exact) mass is 373 g/mol. The topological polar surface area (TPSA) is 76.4 Å². The summed E-state index contributed by atoms with van der Waals surface area (Å²) < 4.78 is 20.6. The number of aromatic nitrogens is 2. The summed E-state index contributed by atoms with van der Waals surface area (Å²) in [4.78, 5) is 12.8. The van der Waals surface area contributed by atoms with Gasteiger partial charge in [-0.2, -0.15) is 5.10 Å². The van der Waals surface area contributed by atoms with E-state index in [1.54, 1.807) is 16.8 Å². The van der Waals surface area contributed by atoms with Gasteiger partial charge >= 0.3 is 0 Å². The molecule has 0 unspecified atom stereocenters. The maximum atomic E-state index is 13.7. The molecule has 4 rings (SSSR count). The van der Waals surface area contributed by atoms with Crippen LogP contribution >= 0.6 is 0 Å². The van der Waals surface area contributed by atoms with Gasteiger partial charge in [0.05, 0.1) is 11.3 Å². The Hall–Kier alpha value is -2.25. The van der Waals surface area contributed by atoms with E-state index < -0.39 is 5.60 Å². The predicted molar refractivity (Wildman–Crippen MR) is 97.5 cm³/mol. The van der Waals surface area contributed by atoms with Crippen LogP contribution in [0.3, 0.4) is 0 Å². The van der Waals surface area contributed by atoms with Gasteiger partial charge in [0.1, 0.15) is 5.82 Å². The first kappa shape index (κ1) is 18.1. The fraction of sp³-hybridized carbons (Fsp3) is 0.500. The molecule has 0 bridgehead atoms. The van der Waals surface area contributed by atoms with E-state index >= 15 is 0 Å². The van der Waals surface area contributed by atoms with Crippen molar-refractivity contribution in [2.24, 2.45) is 0 Å². The number of carbonyl (C=O) groups is 1. The highest BCUT2D eigenvalue weighted by atomic mass is 19.1. The number of amides is 1. The van der Waals surface area contributed by atoms with Crippen molar-refractivity contribution in [3.8, 4) is 5.69 Å². The maximum absolute atomic E-state index is 13.7. The van der Waals surface area contributed by atoms with E-state index in [-0.39, 0.29) is 18.3 Å². The summed E-state index contributed by atoms with van der Waals surface area (Å²) >= 11 is 0. The molecule has 27 heavy (non-hydrogen) atoms. The van der Waals surface area contributed by atoms with Gasteiger partial charge in [0.25, 0.3) is 5.91 Å². The van der Waals surface area contributed by atoms with Crippen molar-refractivity contribution in [1.82, 2.24) is 15.1 Å². The van der Waals surface area contributed by atoms with Crippen molar-refractivity contribution < 1.29 is 19.0 Å². The Morgan fingerprint density at radius 1 is 1.30 bits per heavy atom. The molecule has 1 amide bonds. The van der Waals surface area contributed by atoms with Gasteiger partial charge in [-0.3, -0.25) is 4.79 Å². The molecule has 0 radical (unpaired) electrons. The summed E-state index contributed by atoms with van der Waals surface area (Å²) in [6.07, 6.45) is 4.63. The Labute approximate surface area is 157 Å². The van der Waals surface area contributed by atoms with Gasteiger partial charge in [-0.25, -0.2) is 9.07 Å². The molecule has 2 heterocycles. The van der Waals surface area contributed by atoms with E-state index in [9.17, 15) is 14.3 Å². The second-order valence-corrected chi connectivity index (χ2v) is 7.39. The number of fused-ring (bicyclic) bond motifs is 1. The summed E-state index contributed by atoms with van der Waals surface area (Å²) in [5, 5.41) is 17.9. The molecule has 1 aromatic heterocycles. The first-order valence-corrected chi connectivity index (χ1v) is 9.51. The van der Waals surface area contributed by atoms with Gasteiger partial charge in [0.2, 0.25) is 0 Å². The number of carbonyl (C=O) groups excluding carboxylic acids is 1. The SMILES string of the molecule is O=C(NCC1(O)CCOCC1)c1nn(-c2cccc(F)c2)c2c1CCCC2.